The maximum atomic E-state index is 11.2. The van der Waals surface area contributed by atoms with Gasteiger partial charge in [0, 0.05) is 12.2 Å². The van der Waals surface area contributed by atoms with Crippen molar-refractivity contribution >= 4 is 17.7 Å². The SMILES string of the molecule is CCOC(=O)CCc1ccc(CSC)cc1. The Hall–Kier alpha value is -0.960. The molecule has 88 valence electrons. The number of esters is 1. The zero-order chi connectivity index (χ0) is 11.8. The molecule has 16 heavy (non-hydrogen) atoms. The molecule has 0 amide bonds. The molecule has 0 heterocycles. The standard InChI is InChI=1S/C13H18O2S/c1-3-15-13(14)9-8-11-4-6-12(7-5-11)10-16-2/h4-7H,3,8-10H2,1-2H3. The van der Waals surface area contributed by atoms with Gasteiger partial charge in [0.1, 0.15) is 0 Å². The lowest BCUT2D eigenvalue weighted by Crippen LogP contribution is -2.05. The molecule has 0 radical (unpaired) electrons. The maximum absolute atomic E-state index is 11.2. The van der Waals surface area contributed by atoms with E-state index in [1.807, 2.05) is 18.7 Å². The molecular formula is C13H18O2S. The number of ether oxygens (including phenoxy) is 1. The Balaban J connectivity index is 2.40. The van der Waals surface area contributed by atoms with Gasteiger partial charge in [0.15, 0.2) is 0 Å². The van der Waals surface area contributed by atoms with Crippen molar-refractivity contribution < 1.29 is 9.53 Å². The fourth-order valence-electron chi connectivity index (χ4n) is 1.45. The highest BCUT2D eigenvalue weighted by Gasteiger charge is 2.02. The minimum Gasteiger partial charge on any atom is -0.466 e. The number of hydrogen-bond acceptors (Lipinski definition) is 3. The van der Waals surface area contributed by atoms with Crippen molar-refractivity contribution in [2.45, 2.75) is 25.5 Å². The first-order valence-electron chi connectivity index (χ1n) is 5.48. The largest absolute Gasteiger partial charge is 0.466 e. The Bertz CT molecular complexity index is 319. The molecule has 0 N–H and O–H groups in total. The molecule has 0 saturated carbocycles. The maximum Gasteiger partial charge on any atom is 0.306 e. The first-order chi connectivity index (χ1) is 7.76. The van der Waals surface area contributed by atoms with E-state index in [0.29, 0.717) is 13.0 Å². The van der Waals surface area contributed by atoms with Crippen molar-refractivity contribution in [3.05, 3.63) is 35.4 Å². The zero-order valence-corrected chi connectivity index (χ0v) is 10.7. The van der Waals surface area contributed by atoms with Crippen LogP contribution in [0.25, 0.3) is 0 Å². The second-order valence-corrected chi connectivity index (χ2v) is 4.42. The van der Waals surface area contributed by atoms with Gasteiger partial charge in [-0.25, -0.2) is 0 Å². The Morgan fingerprint density at radius 2 is 1.88 bits per heavy atom. The topological polar surface area (TPSA) is 26.3 Å². The van der Waals surface area contributed by atoms with Gasteiger partial charge in [-0.2, -0.15) is 11.8 Å². The van der Waals surface area contributed by atoms with Gasteiger partial charge in [-0.15, -0.1) is 0 Å². The van der Waals surface area contributed by atoms with Crippen molar-refractivity contribution in [3.8, 4) is 0 Å². The van der Waals surface area contributed by atoms with Crippen LogP contribution in [0.15, 0.2) is 24.3 Å². The van der Waals surface area contributed by atoms with Crippen LogP contribution >= 0.6 is 11.8 Å². The summed E-state index contributed by atoms with van der Waals surface area (Å²) in [4.78, 5) is 11.2. The van der Waals surface area contributed by atoms with Crippen LogP contribution < -0.4 is 0 Å². The van der Waals surface area contributed by atoms with Gasteiger partial charge in [0.2, 0.25) is 0 Å². The zero-order valence-electron chi connectivity index (χ0n) is 9.86. The predicted molar refractivity (Wildman–Crippen MR) is 68.6 cm³/mol. The third-order valence-corrected chi connectivity index (χ3v) is 2.88. The van der Waals surface area contributed by atoms with E-state index in [1.54, 1.807) is 0 Å². The Labute approximate surface area is 101 Å². The van der Waals surface area contributed by atoms with E-state index < -0.39 is 0 Å². The number of hydrogen-bond donors (Lipinski definition) is 0. The van der Waals surface area contributed by atoms with Gasteiger partial charge in [-0.3, -0.25) is 4.79 Å². The molecule has 3 heteroatoms. The van der Waals surface area contributed by atoms with E-state index in [1.165, 1.54) is 11.1 Å². The summed E-state index contributed by atoms with van der Waals surface area (Å²) in [5.74, 6) is 0.925. The predicted octanol–water partition coefficient (Wildman–Crippen LogP) is 3.05. The van der Waals surface area contributed by atoms with Crippen LogP contribution in [0.1, 0.15) is 24.5 Å². The Morgan fingerprint density at radius 3 is 2.44 bits per heavy atom. The van der Waals surface area contributed by atoms with E-state index in [0.717, 1.165) is 12.2 Å². The highest BCUT2D eigenvalue weighted by atomic mass is 32.2. The van der Waals surface area contributed by atoms with Gasteiger partial charge >= 0.3 is 5.97 Å². The normalized spacial score (nSPS) is 10.1. The summed E-state index contributed by atoms with van der Waals surface area (Å²) in [6.45, 7) is 2.29. The molecule has 0 bridgehead atoms. The van der Waals surface area contributed by atoms with Crippen LogP contribution in [0.5, 0.6) is 0 Å². The molecule has 0 aliphatic carbocycles. The quantitative estimate of drug-likeness (QED) is 0.713. The Morgan fingerprint density at radius 1 is 1.25 bits per heavy atom. The summed E-state index contributed by atoms with van der Waals surface area (Å²) < 4.78 is 4.88. The van der Waals surface area contributed by atoms with Crippen LogP contribution in [-0.2, 0) is 21.7 Å². The third kappa shape index (κ3) is 4.71. The number of benzene rings is 1. The summed E-state index contributed by atoms with van der Waals surface area (Å²) in [7, 11) is 0. The molecule has 0 aromatic heterocycles. The van der Waals surface area contributed by atoms with Crippen molar-refractivity contribution in [1.82, 2.24) is 0 Å². The van der Waals surface area contributed by atoms with Crippen molar-refractivity contribution in [2.75, 3.05) is 12.9 Å². The van der Waals surface area contributed by atoms with Gasteiger partial charge < -0.3 is 4.74 Å². The second-order valence-electron chi connectivity index (χ2n) is 3.55. The smallest absolute Gasteiger partial charge is 0.306 e. The average molecular weight is 238 g/mol. The third-order valence-electron chi connectivity index (χ3n) is 2.26. The van der Waals surface area contributed by atoms with Crippen LogP contribution in [0.2, 0.25) is 0 Å². The van der Waals surface area contributed by atoms with E-state index in [-0.39, 0.29) is 5.97 Å². The van der Waals surface area contributed by atoms with Crippen LogP contribution in [0, 0.1) is 0 Å². The minimum atomic E-state index is -0.115. The lowest BCUT2D eigenvalue weighted by atomic mass is 10.1. The fraction of sp³-hybridized carbons (Fsp3) is 0.462. The lowest BCUT2D eigenvalue weighted by molar-refractivity contribution is -0.143. The first-order valence-corrected chi connectivity index (χ1v) is 6.88. The molecule has 0 saturated heterocycles. The van der Waals surface area contributed by atoms with Crippen molar-refractivity contribution in [2.24, 2.45) is 0 Å². The second kappa shape index (κ2) is 7.34. The van der Waals surface area contributed by atoms with E-state index in [2.05, 4.69) is 30.5 Å². The lowest BCUT2D eigenvalue weighted by Gasteiger charge is -2.03. The molecular weight excluding hydrogens is 220 g/mol. The van der Waals surface area contributed by atoms with E-state index in [4.69, 9.17) is 4.74 Å². The number of aryl methyl sites for hydroxylation is 1. The first kappa shape index (κ1) is 13.1. The van der Waals surface area contributed by atoms with Crippen LogP contribution in [-0.4, -0.2) is 18.8 Å². The van der Waals surface area contributed by atoms with Crippen LogP contribution in [0.4, 0.5) is 0 Å². The fourth-order valence-corrected chi connectivity index (χ4v) is 1.97. The highest BCUT2D eigenvalue weighted by molar-refractivity contribution is 7.97. The molecule has 0 spiro atoms. The molecule has 0 aliphatic heterocycles. The number of carbonyl (C=O) groups is 1. The molecule has 2 nitrogen and oxygen atoms in total. The number of rotatable bonds is 6. The van der Waals surface area contributed by atoms with Crippen LogP contribution in [0.3, 0.4) is 0 Å². The number of carbonyl (C=O) groups excluding carboxylic acids is 1. The van der Waals surface area contributed by atoms with Gasteiger partial charge in [0.05, 0.1) is 6.61 Å². The summed E-state index contributed by atoms with van der Waals surface area (Å²) in [6.07, 6.45) is 3.32. The summed E-state index contributed by atoms with van der Waals surface area (Å²) >= 11 is 1.81. The summed E-state index contributed by atoms with van der Waals surface area (Å²) in [5, 5.41) is 0. The van der Waals surface area contributed by atoms with E-state index >= 15 is 0 Å². The Kier molecular flexibility index (Phi) is 6.01. The van der Waals surface area contributed by atoms with Gasteiger partial charge in [0.25, 0.3) is 0 Å². The van der Waals surface area contributed by atoms with Gasteiger partial charge in [-0.05, 0) is 30.7 Å². The molecule has 0 unspecified atom stereocenters. The molecule has 0 aliphatic rings. The van der Waals surface area contributed by atoms with Crippen molar-refractivity contribution in [1.29, 1.82) is 0 Å². The molecule has 1 rings (SSSR count). The molecule has 0 fully saturated rings. The average Bonchev–Trinajstić information content (AvgIpc) is 2.29. The highest BCUT2D eigenvalue weighted by Crippen LogP contribution is 2.11. The molecule has 0 atom stereocenters. The monoisotopic (exact) mass is 238 g/mol. The summed E-state index contributed by atoms with van der Waals surface area (Å²) in [5.41, 5.74) is 2.52. The van der Waals surface area contributed by atoms with Gasteiger partial charge in [-0.1, -0.05) is 24.3 Å². The molecule has 1 aromatic rings. The summed E-state index contributed by atoms with van der Waals surface area (Å²) in [6, 6.07) is 8.42. The number of thioether (sulfide) groups is 1. The van der Waals surface area contributed by atoms with E-state index in [9.17, 15) is 4.79 Å². The minimum absolute atomic E-state index is 0.115. The molecule has 1 aromatic carbocycles. The van der Waals surface area contributed by atoms with Crippen molar-refractivity contribution in [3.63, 3.8) is 0 Å².